The van der Waals surface area contributed by atoms with Gasteiger partial charge in [0.1, 0.15) is 11.1 Å². The van der Waals surface area contributed by atoms with Gasteiger partial charge < -0.3 is 9.73 Å². The van der Waals surface area contributed by atoms with Crippen molar-refractivity contribution in [2.75, 3.05) is 6.54 Å². The van der Waals surface area contributed by atoms with E-state index in [-0.39, 0.29) is 12.3 Å². The van der Waals surface area contributed by atoms with Crippen LogP contribution in [0.3, 0.4) is 0 Å². The van der Waals surface area contributed by atoms with Gasteiger partial charge in [-0.2, -0.15) is 0 Å². The lowest BCUT2D eigenvalue weighted by atomic mass is 9.89. The van der Waals surface area contributed by atoms with Crippen LogP contribution in [0.15, 0.2) is 46.9 Å². The van der Waals surface area contributed by atoms with Crippen LogP contribution in [0.1, 0.15) is 46.2 Å². The van der Waals surface area contributed by atoms with E-state index in [1.54, 1.807) is 19.9 Å². The van der Waals surface area contributed by atoms with Crippen LogP contribution in [0.2, 0.25) is 0 Å². The molecule has 1 fully saturated rings. The molecule has 1 aliphatic carbocycles. The number of carbonyl (C=O) groups excluding carboxylic acids is 3. The number of ketones is 1. The van der Waals surface area contributed by atoms with Gasteiger partial charge in [-0.3, -0.25) is 14.5 Å². The first kappa shape index (κ1) is 18.6. The number of rotatable bonds is 4. The molecule has 2 aromatic carbocycles. The zero-order chi connectivity index (χ0) is 21.0. The highest BCUT2D eigenvalue weighted by Gasteiger charge is 2.50. The predicted molar refractivity (Wildman–Crippen MR) is 111 cm³/mol. The fourth-order valence-corrected chi connectivity index (χ4v) is 4.57. The third kappa shape index (κ3) is 2.67. The topological polar surface area (TPSA) is 79.6 Å². The van der Waals surface area contributed by atoms with E-state index >= 15 is 0 Å². The molecular weight excluding hydrogens is 380 g/mol. The normalized spacial score (nSPS) is 20.7. The van der Waals surface area contributed by atoms with E-state index in [2.05, 4.69) is 5.32 Å². The van der Waals surface area contributed by atoms with E-state index < -0.39 is 23.3 Å². The molecule has 6 heteroatoms. The van der Waals surface area contributed by atoms with Crippen molar-refractivity contribution in [2.24, 2.45) is 0 Å². The Balaban J connectivity index is 1.43. The predicted octanol–water partition coefficient (Wildman–Crippen LogP) is 3.88. The van der Waals surface area contributed by atoms with Crippen LogP contribution < -0.4 is 5.32 Å². The van der Waals surface area contributed by atoms with Gasteiger partial charge in [-0.1, -0.05) is 36.4 Å². The molecule has 2 aliphatic rings. The van der Waals surface area contributed by atoms with Crippen LogP contribution in [0.5, 0.6) is 0 Å². The minimum atomic E-state index is -1.18. The number of hydrogen-bond donors (Lipinski definition) is 1. The molecule has 2 heterocycles. The first-order valence-corrected chi connectivity index (χ1v) is 10.2. The molecule has 152 valence electrons. The number of para-hydroxylation sites is 1. The second-order valence-electron chi connectivity index (χ2n) is 8.26. The second kappa shape index (κ2) is 6.55. The lowest BCUT2D eigenvalue weighted by Crippen LogP contribution is -2.41. The summed E-state index contributed by atoms with van der Waals surface area (Å²) in [4.78, 5) is 39.8. The van der Waals surface area contributed by atoms with E-state index in [9.17, 15) is 14.4 Å². The summed E-state index contributed by atoms with van der Waals surface area (Å²) >= 11 is 0. The highest BCUT2D eigenvalue weighted by molar-refractivity contribution is 6.11. The summed E-state index contributed by atoms with van der Waals surface area (Å²) in [6.45, 7) is 3.15. The number of carbonyl (C=O) groups is 3. The van der Waals surface area contributed by atoms with Crippen molar-refractivity contribution >= 4 is 28.7 Å². The molecule has 1 unspecified atom stereocenters. The third-order valence-electron chi connectivity index (χ3n) is 6.35. The van der Waals surface area contributed by atoms with Gasteiger partial charge in [-0.25, -0.2) is 4.79 Å². The Kier molecular flexibility index (Phi) is 4.07. The molecule has 3 amide bonds. The molecule has 0 spiro atoms. The summed E-state index contributed by atoms with van der Waals surface area (Å²) in [5.41, 5.74) is 3.41. The van der Waals surface area contributed by atoms with Crippen LogP contribution in [0.4, 0.5) is 4.79 Å². The average Bonchev–Trinajstić information content (AvgIpc) is 3.40. The Morgan fingerprint density at radius 3 is 2.70 bits per heavy atom. The maximum absolute atomic E-state index is 13.2. The first-order chi connectivity index (χ1) is 14.4. The fraction of sp³-hybridized carbons (Fsp3) is 0.292. The van der Waals surface area contributed by atoms with Gasteiger partial charge >= 0.3 is 6.03 Å². The minimum absolute atomic E-state index is 0.183. The van der Waals surface area contributed by atoms with Crippen LogP contribution in [0, 0.1) is 6.92 Å². The molecule has 0 saturated carbocycles. The zero-order valence-electron chi connectivity index (χ0n) is 17.0. The Labute approximate surface area is 173 Å². The van der Waals surface area contributed by atoms with Crippen LogP contribution in [0.25, 0.3) is 11.0 Å². The van der Waals surface area contributed by atoms with Crippen LogP contribution >= 0.6 is 0 Å². The Morgan fingerprint density at radius 1 is 1.13 bits per heavy atom. The lowest BCUT2D eigenvalue weighted by molar-refractivity contribution is -0.130. The molecule has 1 N–H and O–H groups in total. The summed E-state index contributed by atoms with van der Waals surface area (Å²) in [6.07, 6.45) is 3.13. The molecule has 30 heavy (non-hydrogen) atoms. The van der Waals surface area contributed by atoms with Gasteiger partial charge in [0.2, 0.25) is 5.78 Å². The number of benzene rings is 2. The average molecular weight is 402 g/mol. The van der Waals surface area contributed by atoms with Gasteiger partial charge in [0.05, 0.1) is 6.54 Å². The van der Waals surface area contributed by atoms with Gasteiger partial charge in [-0.05, 0) is 55.9 Å². The first-order valence-electron chi connectivity index (χ1n) is 10.2. The number of nitrogens with zero attached hydrogens (tertiary/aromatic N) is 1. The molecule has 5 rings (SSSR count). The summed E-state index contributed by atoms with van der Waals surface area (Å²) in [5.74, 6) is -0.638. The summed E-state index contributed by atoms with van der Waals surface area (Å²) in [6, 6.07) is 12.8. The molecule has 1 saturated heterocycles. The Hall–Kier alpha value is -3.41. The number of urea groups is 1. The number of fused-ring (bicyclic) bond motifs is 2. The van der Waals surface area contributed by atoms with Crippen molar-refractivity contribution in [3.05, 3.63) is 70.5 Å². The van der Waals surface area contributed by atoms with Gasteiger partial charge in [0.15, 0.2) is 5.76 Å². The number of furan rings is 1. The molecule has 1 atom stereocenters. The maximum Gasteiger partial charge on any atom is 0.325 e. The summed E-state index contributed by atoms with van der Waals surface area (Å²) in [5, 5.41) is 3.64. The van der Waals surface area contributed by atoms with Crippen molar-refractivity contribution in [3.63, 3.8) is 0 Å². The van der Waals surface area contributed by atoms with E-state index in [0.29, 0.717) is 11.1 Å². The minimum Gasteiger partial charge on any atom is -0.453 e. The Bertz CT molecular complexity index is 1230. The molecule has 1 aromatic heterocycles. The number of hydrogen-bond acceptors (Lipinski definition) is 4. The highest BCUT2D eigenvalue weighted by atomic mass is 16.3. The van der Waals surface area contributed by atoms with Gasteiger partial charge in [0.25, 0.3) is 5.91 Å². The molecule has 1 aliphatic heterocycles. The number of nitrogens with one attached hydrogen (secondary N) is 1. The van der Waals surface area contributed by atoms with Gasteiger partial charge in [0, 0.05) is 10.9 Å². The number of Topliss-reactive ketones (excluding diaryl/α,β-unsaturated/α-hetero) is 1. The van der Waals surface area contributed by atoms with E-state index in [4.69, 9.17) is 4.42 Å². The summed E-state index contributed by atoms with van der Waals surface area (Å²) in [7, 11) is 0. The summed E-state index contributed by atoms with van der Waals surface area (Å²) < 4.78 is 5.71. The van der Waals surface area contributed by atoms with Crippen molar-refractivity contribution in [1.29, 1.82) is 0 Å². The van der Waals surface area contributed by atoms with Crippen LogP contribution in [-0.2, 0) is 23.2 Å². The zero-order valence-corrected chi connectivity index (χ0v) is 17.0. The number of amides is 3. The quantitative estimate of drug-likeness (QED) is 0.531. The van der Waals surface area contributed by atoms with Gasteiger partial charge in [-0.15, -0.1) is 0 Å². The largest absolute Gasteiger partial charge is 0.453 e. The lowest BCUT2D eigenvalue weighted by Gasteiger charge is -2.23. The molecule has 0 radical (unpaired) electrons. The molecule has 0 bridgehead atoms. The van der Waals surface area contributed by atoms with Crippen molar-refractivity contribution in [2.45, 2.75) is 38.6 Å². The molecule has 6 nitrogen and oxygen atoms in total. The monoisotopic (exact) mass is 402 g/mol. The number of aryl methyl sites for hydroxylation is 3. The number of imide groups is 1. The van der Waals surface area contributed by atoms with E-state index in [1.165, 1.54) is 11.1 Å². The second-order valence-corrected chi connectivity index (χ2v) is 8.26. The fourth-order valence-electron chi connectivity index (χ4n) is 4.57. The van der Waals surface area contributed by atoms with Crippen molar-refractivity contribution in [1.82, 2.24) is 10.2 Å². The SMILES string of the molecule is Cc1c(C(=O)CN2C(=O)NC(C)(c3ccc4c(c3)CCC4)C2=O)oc2ccccc12. The van der Waals surface area contributed by atoms with Crippen molar-refractivity contribution in [3.8, 4) is 0 Å². The van der Waals surface area contributed by atoms with Crippen molar-refractivity contribution < 1.29 is 18.8 Å². The Morgan fingerprint density at radius 2 is 1.90 bits per heavy atom. The smallest absolute Gasteiger partial charge is 0.325 e. The third-order valence-corrected chi connectivity index (χ3v) is 6.35. The standard InChI is InChI=1S/C24H22N2O4/c1-14-18-8-3-4-9-20(18)30-21(14)19(27)13-26-22(28)24(2,25-23(26)29)17-11-10-15-6-5-7-16(15)12-17/h3-4,8-12H,5-7,13H2,1-2H3,(H,25,29). The van der Waals surface area contributed by atoms with Crippen LogP contribution in [-0.4, -0.2) is 29.2 Å². The van der Waals surface area contributed by atoms with E-state index in [1.807, 2.05) is 36.4 Å². The van der Waals surface area contributed by atoms with E-state index in [0.717, 1.165) is 35.1 Å². The highest BCUT2D eigenvalue weighted by Crippen LogP contribution is 2.33. The molecule has 3 aromatic rings. The molecular formula is C24H22N2O4. The maximum atomic E-state index is 13.2.